The van der Waals surface area contributed by atoms with Gasteiger partial charge in [-0.15, -0.1) is 0 Å². The van der Waals surface area contributed by atoms with Crippen LogP contribution in [0.2, 0.25) is 18.1 Å². The van der Waals surface area contributed by atoms with Crippen LogP contribution in [0.15, 0.2) is 36.9 Å². The summed E-state index contributed by atoms with van der Waals surface area (Å²) in [6.07, 6.45) is 6.58. The van der Waals surface area contributed by atoms with Gasteiger partial charge in [0.25, 0.3) is 0 Å². The molecule has 2 rings (SSSR count). The summed E-state index contributed by atoms with van der Waals surface area (Å²) in [6.45, 7) is 11.8. The lowest BCUT2D eigenvalue weighted by atomic mass is 10.2. The number of nitrogens with two attached hydrogens (primary N) is 2. The third-order valence-electron chi connectivity index (χ3n) is 4.22. The maximum absolute atomic E-state index is 8.57. The van der Waals surface area contributed by atoms with E-state index in [1.165, 1.54) is 0 Å². The largest absolute Gasteiger partial charge is 0.413 e. The first-order valence-electron chi connectivity index (χ1n) is 8.19. The molecule has 0 fully saturated rings. The van der Waals surface area contributed by atoms with Crippen molar-refractivity contribution in [2.24, 2.45) is 0 Å². The Balaban J connectivity index is 0.000000293. The van der Waals surface area contributed by atoms with Gasteiger partial charge in [0.15, 0.2) is 8.32 Å². The summed E-state index contributed by atoms with van der Waals surface area (Å²) in [5, 5.41) is 8.80. The number of aliphatic hydroxyl groups excluding tert-OH is 1. The predicted molar refractivity (Wildman–Crippen MR) is 105 cm³/mol. The fraction of sp³-hybridized carbons (Fsp3) is 0.444. The van der Waals surface area contributed by atoms with Crippen LogP contribution < -0.4 is 11.5 Å². The van der Waals surface area contributed by atoms with Crippen molar-refractivity contribution in [1.82, 2.24) is 9.97 Å². The number of anilines is 2. The van der Waals surface area contributed by atoms with Crippen LogP contribution in [0.4, 0.5) is 11.4 Å². The van der Waals surface area contributed by atoms with Gasteiger partial charge in [0, 0.05) is 24.8 Å². The SMILES string of the molecule is CC(C)(C)[Si](C)(C)OCc1cncc(N)c1.Nc1cncc(CO)c1. The van der Waals surface area contributed by atoms with E-state index in [9.17, 15) is 0 Å². The van der Waals surface area contributed by atoms with Crippen LogP contribution in [0.1, 0.15) is 31.9 Å². The average molecular weight is 363 g/mol. The Morgan fingerprint density at radius 1 is 0.960 bits per heavy atom. The summed E-state index contributed by atoms with van der Waals surface area (Å²) in [7, 11) is -1.67. The van der Waals surface area contributed by atoms with E-state index in [0.29, 0.717) is 18.0 Å². The van der Waals surface area contributed by atoms with E-state index in [1.807, 2.05) is 12.3 Å². The molecule has 2 aromatic rings. The third-order valence-corrected chi connectivity index (χ3v) is 8.70. The Labute approximate surface area is 151 Å². The summed E-state index contributed by atoms with van der Waals surface area (Å²) in [6, 6.07) is 3.60. The van der Waals surface area contributed by atoms with Crippen molar-refractivity contribution in [1.29, 1.82) is 0 Å². The Morgan fingerprint density at radius 3 is 1.84 bits per heavy atom. The average Bonchev–Trinajstić information content (AvgIpc) is 2.53. The number of pyridine rings is 2. The van der Waals surface area contributed by atoms with E-state index in [-0.39, 0.29) is 11.6 Å². The Hall–Kier alpha value is -1.96. The highest BCUT2D eigenvalue weighted by Gasteiger charge is 2.36. The van der Waals surface area contributed by atoms with Crippen LogP contribution in [0.5, 0.6) is 0 Å². The van der Waals surface area contributed by atoms with Crippen molar-refractivity contribution < 1.29 is 9.53 Å². The summed E-state index contributed by atoms with van der Waals surface area (Å²) >= 11 is 0. The first-order valence-corrected chi connectivity index (χ1v) is 11.1. The molecule has 0 amide bonds. The number of nitrogens with zero attached hydrogens (tertiary/aromatic N) is 2. The molecule has 0 saturated heterocycles. The van der Waals surface area contributed by atoms with Crippen molar-refractivity contribution in [3.8, 4) is 0 Å². The van der Waals surface area contributed by atoms with Crippen molar-refractivity contribution >= 4 is 19.7 Å². The Kier molecular flexibility index (Phi) is 7.53. The molecule has 0 spiro atoms. The van der Waals surface area contributed by atoms with E-state index < -0.39 is 8.32 Å². The van der Waals surface area contributed by atoms with Crippen LogP contribution in [0, 0.1) is 0 Å². The molecule has 2 heterocycles. The van der Waals surface area contributed by atoms with Gasteiger partial charge < -0.3 is 21.0 Å². The first kappa shape index (κ1) is 21.1. The minimum absolute atomic E-state index is 0.00194. The van der Waals surface area contributed by atoms with E-state index in [0.717, 1.165) is 11.1 Å². The minimum Gasteiger partial charge on any atom is -0.413 e. The Morgan fingerprint density at radius 2 is 1.44 bits per heavy atom. The van der Waals surface area contributed by atoms with Crippen LogP contribution >= 0.6 is 0 Å². The zero-order valence-corrected chi connectivity index (χ0v) is 16.8. The molecule has 0 aliphatic carbocycles. The molecule has 6 nitrogen and oxygen atoms in total. The van der Waals surface area contributed by atoms with Crippen molar-refractivity contribution in [3.63, 3.8) is 0 Å². The van der Waals surface area contributed by atoms with Gasteiger partial charge in [-0.1, -0.05) is 20.8 Å². The smallest absolute Gasteiger partial charge is 0.192 e. The number of rotatable bonds is 4. The fourth-order valence-corrected chi connectivity index (χ4v) is 2.62. The minimum atomic E-state index is -1.67. The molecule has 138 valence electrons. The zero-order valence-electron chi connectivity index (χ0n) is 15.8. The number of hydrogen-bond donors (Lipinski definition) is 3. The van der Waals surface area contributed by atoms with Crippen molar-refractivity contribution in [2.75, 3.05) is 11.5 Å². The van der Waals surface area contributed by atoms with Gasteiger partial charge in [0.2, 0.25) is 0 Å². The molecular weight excluding hydrogens is 332 g/mol. The second-order valence-electron chi connectivity index (χ2n) is 7.46. The van der Waals surface area contributed by atoms with Crippen LogP contribution in [-0.2, 0) is 17.6 Å². The van der Waals surface area contributed by atoms with Crippen molar-refractivity contribution in [3.05, 3.63) is 48.0 Å². The summed E-state index contributed by atoms with van der Waals surface area (Å²) in [5.41, 5.74) is 14.1. The molecule has 0 saturated carbocycles. The summed E-state index contributed by atoms with van der Waals surface area (Å²) in [4.78, 5) is 7.83. The number of aromatic nitrogens is 2. The highest BCUT2D eigenvalue weighted by atomic mass is 28.4. The zero-order chi connectivity index (χ0) is 19.1. The molecule has 25 heavy (non-hydrogen) atoms. The molecule has 5 N–H and O–H groups in total. The molecule has 0 radical (unpaired) electrons. The fourth-order valence-electron chi connectivity index (χ4n) is 1.66. The van der Waals surface area contributed by atoms with Crippen molar-refractivity contribution in [2.45, 2.75) is 52.1 Å². The number of aliphatic hydroxyl groups is 1. The molecule has 0 unspecified atom stereocenters. The Bertz CT molecular complexity index is 672. The quantitative estimate of drug-likeness (QED) is 0.720. The normalized spacial score (nSPS) is 11.6. The van der Waals surface area contributed by atoms with E-state index in [4.69, 9.17) is 21.0 Å². The second kappa shape index (κ2) is 8.94. The van der Waals surface area contributed by atoms with Gasteiger partial charge in [-0.3, -0.25) is 9.97 Å². The van der Waals surface area contributed by atoms with Crippen LogP contribution in [0.3, 0.4) is 0 Å². The van der Waals surface area contributed by atoms with Crippen LogP contribution in [0.25, 0.3) is 0 Å². The van der Waals surface area contributed by atoms with E-state index >= 15 is 0 Å². The summed E-state index contributed by atoms with van der Waals surface area (Å²) < 4.78 is 6.08. The lowest BCUT2D eigenvalue weighted by Gasteiger charge is -2.36. The van der Waals surface area contributed by atoms with E-state index in [2.05, 4.69) is 43.8 Å². The van der Waals surface area contributed by atoms with Gasteiger partial charge in [0.1, 0.15) is 0 Å². The maximum Gasteiger partial charge on any atom is 0.192 e. The second-order valence-corrected chi connectivity index (χ2v) is 12.3. The first-order chi connectivity index (χ1) is 11.5. The third kappa shape index (κ3) is 7.21. The molecule has 0 atom stereocenters. The molecule has 0 aliphatic rings. The van der Waals surface area contributed by atoms with Gasteiger partial charge in [-0.2, -0.15) is 0 Å². The lowest BCUT2D eigenvalue weighted by Crippen LogP contribution is -2.40. The predicted octanol–water partition coefficient (Wildman–Crippen LogP) is 3.34. The standard InChI is InChI=1S/C12H22N2OSi.C6H8N2O/c1-12(2,3)16(4,5)15-9-10-6-11(13)8-14-7-10;7-6-1-5(4-9)2-8-3-6/h6-8H,9,13H2,1-5H3;1-3,9H,4,7H2. The molecule has 7 heteroatoms. The topological polar surface area (TPSA) is 107 Å². The monoisotopic (exact) mass is 362 g/mol. The highest BCUT2D eigenvalue weighted by Crippen LogP contribution is 2.37. The van der Waals surface area contributed by atoms with Gasteiger partial charge >= 0.3 is 0 Å². The van der Waals surface area contributed by atoms with Gasteiger partial charge in [0.05, 0.1) is 24.6 Å². The van der Waals surface area contributed by atoms with Gasteiger partial charge in [-0.05, 0) is 41.4 Å². The van der Waals surface area contributed by atoms with Crippen LogP contribution in [-0.4, -0.2) is 23.4 Å². The molecule has 0 bridgehead atoms. The maximum atomic E-state index is 8.57. The lowest BCUT2D eigenvalue weighted by molar-refractivity contribution is 0.276. The van der Waals surface area contributed by atoms with Gasteiger partial charge in [-0.25, -0.2) is 0 Å². The molecule has 0 aromatic carbocycles. The molecular formula is C18H30N4O2Si. The molecule has 0 aliphatic heterocycles. The number of hydrogen-bond acceptors (Lipinski definition) is 6. The molecule has 2 aromatic heterocycles. The van der Waals surface area contributed by atoms with E-state index in [1.54, 1.807) is 24.7 Å². The highest BCUT2D eigenvalue weighted by molar-refractivity contribution is 6.74. The summed E-state index contributed by atoms with van der Waals surface area (Å²) in [5.74, 6) is 0. The number of nitrogen functional groups attached to an aromatic ring is 2.